The first kappa shape index (κ1) is 36.4. The zero-order valence-electron chi connectivity index (χ0n) is 27.3. The van der Waals surface area contributed by atoms with Gasteiger partial charge in [-0.2, -0.15) is 0 Å². The molecule has 0 saturated carbocycles. The van der Waals surface area contributed by atoms with Gasteiger partial charge in [0.2, 0.25) is 16.6 Å². The van der Waals surface area contributed by atoms with Gasteiger partial charge in [0.25, 0.3) is 0 Å². The van der Waals surface area contributed by atoms with Gasteiger partial charge in [-0.05, 0) is 46.1 Å². The summed E-state index contributed by atoms with van der Waals surface area (Å²) < 4.78 is 14.7. The van der Waals surface area contributed by atoms with Crippen LogP contribution in [0.1, 0.15) is 160 Å². The van der Waals surface area contributed by atoms with Crippen LogP contribution in [0, 0.1) is 10.8 Å². The molecular weight excluding hydrogens is 473 g/mol. The summed E-state index contributed by atoms with van der Waals surface area (Å²) in [6.45, 7) is 29.0. The zero-order valence-corrected chi connectivity index (χ0v) is 29.3. The summed E-state index contributed by atoms with van der Waals surface area (Å²) in [4.78, 5) is 0. The highest BCUT2D eigenvalue weighted by atomic mass is 28.4. The molecule has 0 aliphatic carbocycles. The average molecular weight is 543 g/mol. The van der Waals surface area contributed by atoms with Crippen LogP contribution in [-0.4, -0.2) is 16.6 Å². The Balaban J connectivity index is 6.75. The molecule has 0 aromatic heterocycles. The molecule has 0 spiro atoms. The van der Waals surface area contributed by atoms with E-state index in [1.54, 1.807) is 0 Å². The van der Waals surface area contributed by atoms with Gasteiger partial charge < -0.3 is 0 Å². The fourth-order valence-electron chi connectivity index (χ4n) is 6.85. The van der Waals surface area contributed by atoms with Gasteiger partial charge in [-0.1, -0.05) is 160 Å². The van der Waals surface area contributed by atoms with Gasteiger partial charge >= 0.3 is 0 Å². The SMILES string of the molecule is CCCC[Si](CCCC)(OO[Si](CCCC)(CCCC)C(CCC)C(C)(C)C)C(CCC)C(C)(C)C. The third-order valence-electron chi connectivity index (χ3n) is 8.70. The molecular formula is C32H70O2Si2. The van der Waals surface area contributed by atoms with E-state index in [1.165, 1.54) is 101 Å². The summed E-state index contributed by atoms with van der Waals surface area (Å²) in [6.07, 6.45) is 15.2. The number of rotatable bonds is 21. The minimum Gasteiger partial charge on any atom is -0.297 e. The van der Waals surface area contributed by atoms with Crippen molar-refractivity contribution in [3.8, 4) is 0 Å². The van der Waals surface area contributed by atoms with Crippen molar-refractivity contribution in [3.05, 3.63) is 0 Å². The van der Waals surface area contributed by atoms with E-state index in [9.17, 15) is 0 Å². The Bertz CT molecular complexity index is 471. The van der Waals surface area contributed by atoms with Crippen molar-refractivity contribution in [3.63, 3.8) is 0 Å². The summed E-state index contributed by atoms with van der Waals surface area (Å²) in [7, 11) is -4.25. The maximum absolute atomic E-state index is 7.36. The topological polar surface area (TPSA) is 18.5 Å². The quantitative estimate of drug-likeness (QED) is 0.0815. The molecule has 0 N–H and O–H groups in total. The van der Waals surface area contributed by atoms with Gasteiger partial charge in [0.15, 0.2) is 0 Å². The van der Waals surface area contributed by atoms with E-state index in [1.807, 2.05) is 0 Å². The van der Waals surface area contributed by atoms with Crippen LogP contribution in [0.5, 0.6) is 0 Å². The fraction of sp³-hybridized carbons (Fsp3) is 1.00. The molecule has 0 aromatic carbocycles. The van der Waals surface area contributed by atoms with E-state index in [2.05, 4.69) is 83.1 Å². The molecule has 2 atom stereocenters. The van der Waals surface area contributed by atoms with Crippen LogP contribution in [0.3, 0.4) is 0 Å². The fourth-order valence-corrected chi connectivity index (χ4v) is 19.2. The Morgan fingerprint density at radius 3 is 0.861 bits per heavy atom. The third-order valence-corrected chi connectivity index (χ3v) is 19.3. The van der Waals surface area contributed by atoms with Crippen molar-refractivity contribution in [2.75, 3.05) is 0 Å². The summed E-state index contributed by atoms with van der Waals surface area (Å²) in [5.41, 5.74) is 1.82. The molecule has 0 aliphatic rings. The molecule has 0 fully saturated rings. The Morgan fingerprint density at radius 2 is 0.694 bits per heavy atom. The minimum atomic E-state index is -2.13. The Kier molecular flexibility index (Phi) is 18.0. The van der Waals surface area contributed by atoms with E-state index in [0.717, 1.165) is 0 Å². The lowest BCUT2D eigenvalue weighted by atomic mass is 9.89. The first-order valence-electron chi connectivity index (χ1n) is 16.2. The van der Waals surface area contributed by atoms with Gasteiger partial charge in [0.1, 0.15) is 0 Å². The smallest absolute Gasteiger partial charge is 0.241 e. The van der Waals surface area contributed by atoms with Crippen LogP contribution in [0.2, 0.25) is 35.3 Å². The zero-order chi connectivity index (χ0) is 27.9. The van der Waals surface area contributed by atoms with E-state index < -0.39 is 16.6 Å². The summed E-state index contributed by atoms with van der Waals surface area (Å²) in [5.74, 6) is 0. The van der Waals surface area contributed by atoms with E-state index >= 15 is 0 Å². The first-order chi connectivity index (χ1) is 16.8. The van der Waals surface area contributed by atoms with Crippen LogP contribution >= 0.6 is 0 Å². The van der Waals surface area contributed by atoms with E-state index in [4.69, 9.17) is 9.15 Å². The van der Waals surface area contributed by atoms with Crippen molar-refractivity contribution in [1.29, 1.82) is 0 Å². The molecule has 0 rings (SSSR count). The molecule has 4 heteroatoms. The lowest BCUT2D eigenvalue weighted by molar-refractivity contribution is -0.139. The van der Waals surface area contributed by atoms with Crippen LogP contribution in [0.15, 0.2) is 0 Å². The monoisotopic (exact) mass is 542 g/mol. The Morgan fingerprint density at radius 1 is 0.444 bits per heavy atom. The van der Waals surface area contributed by atoms with Crippen molar-refractivity contribution >= 4 is 16.6 Å². The largest absolute Gasteiger partial charge is 0.297 e. The van der Waals surface area contributed by atoms with Crippen LogP contribution in [-0.2, 0) is 9.15 Å². The lowest BCUT2D eigenvalue weighted by Crippen LogP contribution is -2.54. The third kappa shape index (κ3) is 11.6. The number of hydrogen-bond donors (Lipinski definition) is 0. The molecule has 0 aromatic rings. The normalized spacial score (nSPS) is 15.3. The Labute approximate surface area is 231 Å². The van der Waals surface area contributed by atoms with E-state index in [0.29, 0.717) is 11.1 Å². The van der Waals surface area contributed by atoms with Gasteiger partial charge in [-0.15, -0.1) is 0 Å². The summed E-state index contributed by atoms with van der Waals surface area (Å²) in [6, 6.07) is 5.08. The molecule has 2 unspecified atom stereocenters. The summed E-state index contributed by atoms with van der Waals surface area (Å²) >= 11 is 0. The molecule has 218 valence electrons. The highest BCUT2D eigenvalue weighted by Gasteiger charge is 2.53. The number of hydrogen-bond acceptors (Lipinski definition) is 2. The molecule has 2 nitrogen and oxygen atoms in total. The minimum absolute atomic E-state index is 0.261. The molecule has 0 bridgehead atoms. The van der Waals surface area contributed by atoms with Crippen molar-refractivity contribution in [1.82, 2.24) is 0 Å². The van der Waals surface area contributed by atoms with Crippen molar-refractivity contribution in [2.45, 2.75) is 195 Å². The molecule has 0 amide bonds. The maximum atomic E-state index is 7.36. The molecule has 0 saturated heterocycles. The van der Waals surface area contributed by atoms with Gasteiger partial charge in [-0.3, -0.25) is 9.15 Å². The Hall–Kier alpha value is 0.354. The average Bonchev–Trinajstić information content (AvgIpc) is 2.81. The highest BCUT2D eigenvalue weighted by Crippen LogP contribution is 2.52. The number of unbranched alkanes of at least 4 members (excludes halogenated alkanes) is 4. The second-order valence-electron chi connectivity index (χ2n) is 14.1. The molecule has 0 radical (unpaired) electrons. The van der Waals surface area contributed by atoms with Crippen LogP contribution in [0.25, 0.3) is 0 Å². The van der Waals surface area contributed by atoms with Crippen LogP contribution < -0.4 is 0 Å². The van der Waals surface area contributed by atoms with Crippen molar-refractivity contribution in [2.24, 2.45) is 10.8 Å². The predicted octanol–water partition coefficient (Wildman–Crippen LogP) is 12.5. The van der Waals surface area contributed by atoms with Gasteiger partial charge in [-0.25, -0.2) is 0 Å². The maximum Gasteiger partial charge on any atom is 0.241 e. The first-order valence-corrected chi connectivity index (χ1v) is 21.0. The second kappa shape index (κ2) is 17.8. The standard InChI is InChI=1S/C32H70O2Si2/c1-13-19-25-35(26-20-14-2,29(23-17-5)31(7,8)9)33-34-36(27-21-15-3,28-22-16-4)30(24-18-6)32(10,11)12/h29-30H,13-28H2,1-12H3. The predicted molar refractivity (Wildman–Crippen MR) is 169 cm³/mol. The second-order valence-corrected chi connectivity index (χ2v) is 22.1. The van der Waals surface area contributed by atoms with Gasteiger partial charge in [0.05, 0.1) is 0 Å². The van der Waals surface area contributed by atoms with Crippen LogP contribution in [0.4, 0.5) is 0 Å². The summed E-state index contributed by atoms with van der Waals surface area (Å²) in [5, 5.41) is 0. The van der Waals surface area contributed by atoms with E-state index in [-0.39, 0.29) is 10.8 Å². The lowest BCUT2D eigenvalue weighted by Gasteiger charge is -2.49. The van der Waals surface area contributed by atoms with Gasteiger partial charge in [0, 0.05) is 0 Å². The molecule has 36 heavy (non-hydrogen) atoms. The molecule has 0 heterocycles. The van der Waals surface area contributed by atoms with Crippen molar-refractivity contribution < 1.29 is 9.15 Å². The molecule has 0 aliphatic heterocycles. The highest BCUT2D eigenvalue weighted by molar-refractivity contribution is 6.78.